The maximum Gasteiger partial charge on any atom is 0.265 e. The maximum absolute atomic E-state index is 13.5. The fourth-order valence-corrected chi connectivity index (χ4v) is 4.71. The molecule has 1 heterocycles. The van der Waals surface area contributed by atoms with E-state index in [1.807, 2.05) is 60.7 Å². The first-order chi connectivity index (χ1) is 17.1. The Kier molecular flexibility index (Phi) is 4.86. The standard InChI is InChI=1S/C31H19NO3/c33-29(22-10-5-2-6-11-22)25-18-19-27-28-24(25)12-7-13-26(28)30(34)32(31(27)35)23-16-14-21(15-17-23)20-8-3-1-4-9-20/h1-19H. The van der Waals surface area contributed by atoms with Crippen molar-refractivity contribution in [2.45, 2.75) is 0 Å². The average molecular weight is 453 g/mol. The number of ketones is 1. The smallest absolute Gasteiger partial charge is 0.265 e. The van der Waals surface area contributed by atoms with Gasteiger partial charge in [0.2, 0.25) is 0 Å². The van der Waals surface area contributed by atoms with Gasteiger partial charge in [0, 0.05) is 27.6 Å². The molecule has 5 aromatic carbocycles. The quantitative estimate of drug-likeness (QED) is 0.229. The first kappa shape index (κ1) is 20.8. The van der Waals surface area contributed by atoms with Gasteiger partial charge in [-0.3, -0.25) is 14.4 Å². The number of benzene rings is 5. The van der Waals surface area contributed by atoms with Gasteiger partial charge in [0.1, 0.15) is 0 Å². The Hall–Kier alpha value is -4.83. The van der Waals surface area contributed by atoms with Gasteiger partial charge < -0.3 is 0 Å². The predicted molar refractivity (Wildman–Crippen MR) is 137 cm³/mol. The number of hydrogen-bond acceptors (Lipinski definition) is 3. The van der Waals surface area contributed by atoms with Gasteiger partial charge in [-0.05, 0) is 46.8 Å². The highest BCUT2D eigenvalue weighted by Gasteiger charge is 2.35. The van der Waals surface area contributed by atoms with E-state index in [9.17, 15) is 14.4 Å². The minimum Gasteiger partial charge on any atom is -0.289 e. The molecule has 166 valence electrons. The van der Waals surface area contributed by atoms with Crippen LogP contribution in [0.25, 0.3) is 21.9 Å². The summed E-state index contributed by atoms with van der Waals surface area (Å²) in [6.45, 7) is 0. The van der Waals surface area contributed by atoms with E-state index in [1.54, 1.807) is 54.6 Å². The molecule has 0 N–H and O–H groups in total. The minimum atomic E-state index is -0.398. The van der Waals surface area contributed by atoms with Crippen molar-refractivity contribution in [2.75, 3.05) is 4.90 Å². The number of carbonyl (C=O) groups excluding carboxylic acids is 3. The second-order valence-electron chi connectivity index (χ2n) is 8.44. The Labute approximate surface area is 202 Å². The summed E-state index contributed by atoms with van der Waals surface area (Å²) < 4.78 is 0. The number of carbonyl (C=O) groups is 3. The van der Waals surface area contributed by atoms with Crippen molar-refractivity contribution in [1.29, 1.82) is 0 Å². The van der Waals surface area contributed by atoms with Crippen molar-refractivity contribution in [1.82, 2.24) is 0 Å². The van der Waals surface area contributed by atoms with Gasteiger partial charge in [-0.25, -0.2) is 4.90 Å². The zero-order valence-electron chi connectivity index (χ0n) is 18.6. The molecule has 0 unspecified atom stereocenters. The Morgan fingerprint density at radius 2 is 1.14 bits per heavy atom. The number of hydrogen-bond donors (Lipinski definition) is 0. The first-order valence-electron chi connectivity index (χ1n) is 11.3. The Balaban J connectivity index is 1.43. The van der Waals surface area contributed by atoms with E-state index in [-0.39, 0.29) is 5.78 Å². The van der Waals surface area contributed by atoms with Crippen LogP contribution in [-0.2, 0) is 0 Å². The second kappa shape index (κ2) is 8.19. The van der Waals surface area contributed by atoms with E-state index in [1.165, 1.54) is 4.90 Å². The highest BCUT2D eigenvalue weighted by Crippen LogP contribution is 2.35. The van der Waals surface area contributed by atoms with Crippen LogP contribution >= 0.6 is 0 Å². The van der Waals surface area contributed by atoms with E-state index < -0.39 is 11.8 Å². The topological polar surface area (TPSA) is 54.5 Å². The van der Waals surface area contributed by atoms with Crippen LogP contribution in [0.4, 0.5) is 5.69 Å². The molecule has 1 aliphatic rings. The molecule has 35 heavy (non-hydrogen) atoms. The summed E-state index contributed by atoms with van der Waals surface area (Å²) in [4.78, 5) is 41.5. The summed E-state index contributed by atoms with van der Waals surface area (Å²) in [5, 5.41) is 1.14. The van der Waals surface area contributed by atoms with Crippen molar-refractivity contribution in [3.05, 3.63) is 138 Å². The number of rotatable bonds is 4. The van der Waals surface area contributed by atoms with Crippen LogP contribution in [0, 0.1) is 0 Å². The van der Waals surface area contributed by atoms with Crippen molar-refractivity contribution >= 4 is 34.1 Å². The largest absolute Gasteiger partial charge is 0.289 e. The van der Waals surface area contributed by atoms with E-state index in [0.717, 1.165) is 11.1 Å². The molecule has 0 aliphatic carbocycles. The number of anilines is 1. The molecule has 0 bridgehead atoms. The molecule has 0 atom stereocenters. The lowest BCUT2D eigenvalue weighted by Gasteiger charge is -2.28. The average Bonchev–Trinajstić information content (AvgIpc) is 2.92. The Morgan fingerprint density at radius 3 is 1.83 bits per heavy atom. The molecular formula is C31H19NO3. The first-order valence-corrected chi connectivity index (χ1v) is 11.3. The van der Waals surface area contributed by atoms with E-state index in [0.29, 0.717) is 38.7 Å². The fourth-order valence-electron chi connectivity index (χ4n) is 4.71. The molecule has 0 saturated heterocycles. The van der Waals surface area contributed by atoms with Gasteiger partial charge in [-0.1, -0.05) is 84.9 Å². The SMILES string of the molecule is O=C(c1ccccc1)c1ccc2c3c(cccc13)C(=O)N(c1ccc(-c3ccccc3)cc1)C2=O. The molecule has 5 aromatic rings. The molecule has 4 nitrogen and oxygen atoms in total. The van der Waals surface area contributed by atoms with Gasteiger partial charge >= 0.3 is 0 Å². The second-order valence-corrected chi connectivity index (χ2v) is 8.44. The molecule has 0 fully saturated rings. The summed E-state index contributed by atoms with van der Waals surface area (Å²) in [5.41, 5.74) is 4.41. The highest BCUT2D eigenvalue weighted by atomic mass is 16.2. The molecule has 0 saturated carbocycles. The van der Waals surface area contributed by atoms with Gasteiger partial charge in [0.25, 0.3) is 11.8 Å². The maximum atomic E-state index is 13.5. The molecule has 2 amide bonds. The molecule has 0 radical (unpaired) electrons. The summed E-state index contributed by atoms with van der Waals surface area (Å²) >= 11 is 0. The Morgan fingerprint density at radius 1 is 0.543 bits per heavy atom. The zero-order chi connectivity index (χ0) is 23.9. The summed E-state index contributed by atoms with van der Waals surface area (Å²) in [5.74, 6) is -0.942. The Bertz CT molecular complexity index is 1600. The molecule has 0 aromatic heterocycles. The lowest BCUT2D eigenvalue weighted by molar-refractivity contribution is 0.0892. The lowest BCUT2D eigenvalue weighted by Crippen LogP contribution is -2.40. The third kappa shape index (κ3) is 3.35. The summed E-state index contributed by atoms with van der Waals surface area (Å²) in [6, 6.07) is 34.9. The molecule has 6 rings (SSSR count). The molecule has 4 heteroatoms. The number of imide groups is 1. The summed E-state index contributed by atoms with van der Waals surface area (Å²) in [6.07, 6.45) is 0. The molecule has 1 aliphatic heterocycles. The van der Waals surface area contributed by atoms with Crippen molar-refractivity contribution in [3.63, 3.8) is 0 Å². The van der Waals surface area contributed by atoms with Crippen molar-refractivity contribution in [3.8, 4) is 11.1 Å². The van der Waals surface area contributed by atoms with E-state index in [2.05, 4.69) is 0 Å². The lowest BCUT2D eigenvalue weighted by atomic mass is 9.88. The minimum absolute atomic E-state index is 0.145. The van der Waals surface area contributed by atoms with Crippen molar-refractivity contribution < 1.29 is 14.4 Å². The van der Waals surface area contributed by atoms with E-state index in [4.69, 9.17) is 0 Å². The van der Waals surface area contributed by atoms with Crippen LogP contribution in [0.3, 0.4) is 0 Å². The third-order valence-corrected chi connectivity index (χ3v) is 6.42. The highest BCUT2D eigenvalue weighted by molar-refractivity contribution is 6.37. The van der Waals surface area contributed by atoms with Crippen LogP contribution in [-0.4, -0.2) is 17.6 Å². The fraction of sp³-hybridized carbons (Fsp3) is 0. The van der Waals surface area contributed by atoms with Crippen molar-refractivity contribution in [2.24, 2.45) is 0 Å². The predicted octanol–water partition coefficient (Wildman–Crippen LogP) is 6.54. The van der Waals surface area contributed by atoms with Gasteiger partial charge in [0.05, 0.1) is 5.69 Å². The number of amides is 2. The van der Waals surface area contributed by atoms with Gasteiger partial charge in [0.15, 0.2) is 5.78 Å². The summed E-state index contributed by atoms with van der Waals surface area (Å²) in [7, 11) is 0. The van der Waals surface area contributed by atoms with Crippen LogP contribution in [0.15, 0.2) is 115 Å². The normalized spacial score (nSPS) is 12.7. The van der Waals surface area contributed by atoms with Crippen LogP contribution in [0.5, 0.6) is 0 Å². The number of nitrogens with zero attached hydrogens (tertiary/aromatic N) is 1. The van der Waals surface area contributed by atoms with Crippen LogP contribution < -0.4 is 4.90 Å². The van der Waals surface area contributed by atoms with Crippen LogP contribution in [0.2, 0.25) is 0 Å². The van der Waals surface area contributed by atoms with Gasteiger partial charge in [-0.2, -0.15) is 0 Å². The van der Waals surface area contributed by atoms with Crippen LogP contribution in [0.1, 0.15) is 36.6 Å². The zero-order valence-corrected chi connectivity index (χ0v) is 18.6. The van der Waals surface area contributed by atoms with E-state index >= 15 is 0 Å². The molecule has 0 spiro atoms. The third-order valence-electron chi connectivity index (χ3n) is 6.42. The monoisotopic (exact) mass is 453 g/mol. The molecular weight excluding hydrogens is 434 g/mol. The van der Waals surface area contributed by atoms with Gasteiger partial charge in [-0.15, -0.1) is 0 Å².